The van der Waals surface area contributed by atoms with E-state index >= 15 is 0 Å². The van der Waals surface area contributed by atoms with Crippen LogP contribution in [0.1, 0.15) is 0 Å². The Morgan fingerprint density at radius 1 is 1.32 bits per heavy atom. The number of benzene rings is 2. The number of nitrogens with zero attached hydrogens (tertiary/aromatic N) is 3. The molecule has 2 aromatic carbocycles. The number of hydrogen-bond donors (Lipinski definition) is 0. The van der Waals surface area contributed by atoms with E-state index < -0.39 is 6.10 Å². The monoisotopic (exact) mass is 319 g/mol. The van der Waals surface area contributed by atoms with Crippen LogP contribution in [0.4, 0.5) is 4.39 Å². The molecule has 0 aromatic heterocycles. The first-order valence-corrected chi connectivity index (χ1v) is 6.95. The molecule has 112 valence electrons. The summed E-state index contributed by atoms with van der Waals surface area (Å²) in [6.45, 7) is 0.373. The highest BCUT2D eigenvalue weighted by Gasteiger charge is 2.25. The minimum atomic E-state index is -0.421. The molecule has 1 atom stereocenters. The van der Waals surface area contributed by atoms with Gasteiger partial charge in [-0.25, -0.2) is 4.39 Å². The van der Waals surface area contributed by atoms with Gasteiger partial charge in [-0.2, -0.15) is 0 Å². The van der Waals surface area contributed by atoms with Crippen molar-refractivity contribution < 1.29 is 13.9 Å². The summed E-state index contributed by atoms with van der Waals surface area (Å²) >= 11 is 6.08. The fourth-order valence-electron chi connectivity index (χ4n) is 2.28. The minimum Gasteiger partial charge on any atom is -0.486 e. The molecule has 3 rings (SSSR count). The molecule has 1 aliphatic heterocycles. The predicted molar refractivity (Wildman–Crippen MR) is 80.8 cm³/mol. The summed E-state index contributed by atoms with van der Waals surface area (Å²) in [5, 5.41) is 3.91. The standard InChI is InChI=1S/C15H11ClFN3O2/c16-9-5-12(11-3-1-2-4-13(11)17)15-14(6-9)21-8-10(22-15)7-19-20-18/h1-6,10H,7-8H2/t10-/m0/s1. The summed E-state index contributed by atoms with van der Waals surface area (Å²) in [4.78, 5) is 2.70. The van der Waals surface area contributed by atoms with Gasteiger partial charge in [0.15, 0.2) is 11.5 Å². The number of hydrogen-bond acceptors (Lipinski definition) is 3. The molecule has 0 unspecified atom stereocenters. The predicted octanol–water partition coefficient (Wildman–Crippen LogP) is 4.60. The normalized spacial score (nSPS) is 16.0. The molecule has 0 radical (unpaired) electrons. The largest absolute Gasteiger partial charge is 0.486 e. The molecule has 0 saturated carbocycles. The lowest BCUT2D eigenvalue weighted by Crippen LogP contribution is -2.31. The molecule has 0 N–H and O–H groups in total. The van der Waals surface area contributed by atoms with Gasteiger partial charge in [0.2, 0.25) is 0 Å². The number of rotatable bonds is 3. The molecule has 1 heterocycles. The topological polar surface area (TPSA) is 67.2 Å². The van der Waals surface area contributed by atoms with Crippen molar-refractivity contribution in [1.82, 2.24) is 0 Å². The van der Waals surface area contributed by atoms with Crippen LogP contribution in [0.3, 0.4) is 0 Å². The fourth-order valence-corrected chi connectivity index (χ4v) is 2.49. The van der Waals surface area contributed by atoms with Crippen molar-refractivity contribution >= 4 is 11.6 Å². The molecule has 0 aliphatic carbocycles. The van der Waals surface area contributed by atoms with E-state index in [0.29, 0.717) is 27.6 Å². The van der Waals surface area contributed by atoms with Gasteiger partial charge in [0.25, 0.3) is 0 Å². The van der Waals surface area contributed by atoms with Gasteiger partial charge in [-0.05, 0) is 17.7 Å². The zero-order valence-corrected chi connectivity index (χ0v) is 12.1. The molecular weight excluding hydrogens is 309 g/mol. The van der Waals surface area contributed by atoms with E-state index in [1.807, 2.05) is 0 Å². The third-order valence-electron chi connectivity index (χ3n) is 3.24. The highest BCUT2D eigenvalue weighted by Crippen LogP contribution is 2.44. The Kier molecular flexibility index (Phi) is 4.04. The third kappa shape index (κ3) is 2.79. The average Bonchev–Trinajstić information content (AvgIpc) is 2.53. The maximum Gasteiger partial charge on any atom is 0.169 e. The fraction of sp³-hybridized carbons (Fsp3) is 0.200. The second-order valence-corrected chi connectivity index (χ2v) is 5.16. The average molecular weight is 320 g/mol. The van der Waals surface area contributed by atoms with Crippen molar-refractivity contribution in [3.05, 3.63) is 57.7 Å². The molecule has 0 saturated heterocycles. The molecule has 5 nitrogen and oxygen atoms in total. The van der Waals surface area contributed by atoms with Gasteiger partial charge < -0.3 is 9.47 Å². The van der Waals surface area contributed by atoms with Gasteiger partial charge in [0.05, 0.1) is 6.54 Å². The lowest BCUT2D eigenvalue weighted by molar-refractivity contribution is 0.0977. The lowest BCUT2D eigenvalue weighted by atomic mass is 10.0. The van der Waals surface area contributed by atoms with Crippen molar-refractivity contribution in [1.29, 1.82) is 0 Å². The van der Waals surface area contributed by atoms with Crippen molar-refractivity contribution in [2.24, 2.45) is 5.11 Å². The van der Waals surface area contributed by atoms with E-state index in [0.717, 1.165) is 0 Å². The first-order chi connectivity index (χ1) is 10.7. The SMILES string of the molecule is [N-]=[N+]=NC[C@H]1COc2cc(Cl)cc(-c3ccccc3F)c2O1. The number of azide groups is 1. The first kappa shape index (κ1) is 14.5. The van der Waals surface area contributed by atoms with Crippen LogP contribution in [0, 0.1) is 5.82 Å². The van der Waals surface area contributed by atoms with Crippen LogP contribution < -0.4 is 9.47 Å². The molecule has 22 heavy (non-hydrogen) atoms. The summed E-state index contributed by atoms with van der Waals surface area (Å²) in [7, 11) is 0. The molecule has 0 amide bonds. The minimum absolute atomic E-state index is 0.134. The second kappa shape index (κ2) is 6.13. The van der Waals surface area contributed by atoms with Crippen LogP contribution >= 0.6 is 11.6 Å². The molecular formula is C15H11ClFN3O2. The number of ether oxygens (including phenoxy) is 2. The van der Waals surface area contributed by atoms with Gasteiger partial charge >= 0.3 is 0 Å². The van der Waals surface area contributed by atoms with Crippen molar-refractivity contribution in [2.45, 2.75) is 6.10 Å². The Balaban J connectivity index is 2.07. The summed E-state index contributed by atoms with van der Waals surface area (Å²) in [5.74, 6) is 0.467. The van der Waals surface area contributed by atoms with Crippen molar-refractivity contribution in [3.8, 4) is 22.6 Å². The van der Waals surface area contributed by atoms with Gasteiger partial charge in [-0.1, -0.05) is 34.9 Å². The maximum absolute atomic E-state index is 14.1. The van der Waals surface area contributed by atoms with E-state index in [-0.39, 0.29) is 19.0 Å². The van der Waals surface area contributed by atoms with Crippen LogP contribution in [0.25, 0.3) is 21.6 Å². The quantitative estimate of drug-likeness (QED) is 0.471. The van der Waals surface area contributed by atoms with Gasteiger partial charge in [-0.15, -0.1) is 0 Å². The zero-order chi connectivity index (χ0) is 15.5. The highest BCUT2D eigenvalue weighted by molar-refractivity contribution is 6.31. The van der Waals surface area contributed by atoms with Crippen molar-refractivity contribution in [3.63, 3.8) is 0 Å². The third-order valence-corrected chi connectivity index (χ3v) is 3.46. The Hall–Kier alpha value is -2.43. The zero-order valence-electron chi connectivity index (χ0n) is 11.4. The van der Waals surface area contributed by atoms with E-state index in [1.54, 1.807) is 30.3 Å². The Bertz CT molecular complexity index is 762. The Labute approximate surface area is 130 Å². The van der Waals surface area contributed by atoms with Gasteiger partial charge in [-0.3, -0.25) is 0 Å². The van der Waals surface area contributed by atoms with E-state index in [4.69, 9.17) is 26.6 Å². The van der Waals surface area contributed by atoms with E-state index in [9.17, 15) is 4.39 Å². The second-order valence-electron chi connectivity index (χ2n) is 4.72. The Morgan fingerprint density at radius 2 is 2.14 bits per heavy atom. The lowest BCUT2D eigenvalue weighted by Gasteiger charge is -2.27. The Morgan fingerprint density at radius 3 is 2.91 bits per heavy atom. The number of fused-ring (bicyclic) bond motifs is 1. The van der Waals surface area contributed by atoms with Crippen LogP contribution in [-0.2, 0) is 0 Å². The van der Waals surface area contributed by atoms with Gasteiger partial charge in [0.1, 0.15) is 18.5 Å². The van der Waals surface area contributed by atoms with Crippen LogP contribution in [0.2, 0.25) is 5.02 Å². The molecule has 7 heteroatoms. The van der Waals surface area contributed by atoms with Crippen molar-refractivity contribution in [2.75, 3.05) is 13.2 Å². The summed E-state index contributed by atoms with van der Waals surface area (Å²) < 4.78 is 25.5. The van der Waals surface area contributed by atoms with Crippen LogP contribution in [0.15, 0.2) is 41.5 Å². The molecule has 0 spiro atoms. The van der Waals surface area contributed by atoms with E-state index in [1.165, 1.54) is 6.07 Å². The summed E-state index contributed by atoms with van der Waals surface area (Å²) in [6, 6.07) is 9.58. The van der Waals surface area contributed by atoms with E-state index in [2.05, 4.69) is 10.0 Å². The molecule has 0 fully saturated rings. The summed E-state index contributed by atoms with van der Waals surface area (Å²) in [5.41, 5.74) is 9.27. The molecule has 0 bridgehead atoms. The molecule has 1 aliphatic rings. The number of halogens is 2. The highest BCUT2D eigenvalue weighted by atomic mass is 35.5. The maximum atomic E-state index is 14.1. The smallest absolute Gasteiger partial charge is 0.169 e. The first-order valence-electron chi connectivity index (χ1n) is 6.58. The van der Waals surface area contributed by atoms with Gasteiger partial charge in [0, 0.05) is 27.1 Å². The molecule has 2 aromatic rings. The summed E-state index contributed by atoms with van der Waals surface area (Å²) in [6.07, 6.45) is -0.421. The van der Waals surface area contributed by atoms with Crippen LogP contribution in [-0.4, -0.2) is 19.3 Å². The van der Waals surface area contributed by atoms with Crippen LogP contribution in [0.5, 0.6) is 11.5 Å².